The molecule has 5 heteroatoms. The molecule has 0 radical (unpaired) electrons. The van der Waals surface area contributed by atoms with Crippen molar-refractivity contribution < 1.29 is 14.3 Å². The smallest absolute Gasteiger partial charge is 0.322 e. The summed E-state index contributed by atoms with van der Waals surface area (Å²) in [6.45, 7) is 2.83. The highest BCUT2D eigenvalue weighted by molar-refractivity contribution is 6.35. The standard InChI is InChI=1S/C8H12ClNO3/c1-4(9)7(11)6(5(2)10)8(12)13-3/h4,6,10H,1-3H3. The van der Waals surface area contributed by atoms with Gasteiger partial charge in [0.1, 0.15) is 0 Å². The van der Waals surface area contributed by atoms with E-state index in [1.165, 1.54) is 21.0 Å². The second-order valence-electron chi connectivity index (χ2n) is 2.66. The number of hydrogen-bond donors (Lipinski definition) is 1. The molecule has 1 N–H and O–H groups in total. The Morgan fingerprint density at radius 3 is 2.15 bits per heavy atom. The number of ketones is 1. The third kappa shape index (κ3) is 3.14. The van der Waals surface area contributed by atoms with Crippen LogP contribution in [0.5, 0.6) is 0 Å². The summed E-state index contributed by atoms with van der Waals surface area (Å²) in [4.78, 5) is 22.4. The van der Waals surface area contributed by atoms with E-state index in [0.29, 0.717) is 0 Å². The van der Waals surface area contributed by atoms with Crippen LogP contribution in [0.25, 0.3) is 0 Å². The van der Waals surface area contributed by atoms with Gasteiger partial charge in [0.15, 0.2) is 11.7 Å². The van der Waals surface area contributed by atoms with Crippen LogP contribution in [0.4, 0.5) is 0 Å². The molecular formula is C8H12ClNO3. The molecule has 0 fully saturated rings. The number of methoxy groups -OCH3 is 1. The van der Waals surface area contributed by atoms with E-state index in [0.717, 1.165) is 0 Å². The molecule has 0 aliphatic heterocycles. The molecule has 0 spiro atoms. The summed E-state index contributed by atoms with van der Waals surface area (Å²) < 4.78 is 4.39. The van der Waals surface area contributed by atoms with Crippen molar-refractivity contribution in [2.45, 2.75) is 19.2 Å². The molecule has 0 bridgehead atoms. The van der Waals surface area contributed by atoms with E-state index in [4.69, 9.17) is 17.0 Å². The summed E-state index contributed by atoms with van der Waals surface area (Å²) in [5.41, 5.74) is -0.0515. The predicted molar refractivity (Wildman–Crippen MR) is 49.2 cm³/mol. The van der Waals surface area contributed by atoms with Gasteiger partial charge in [0.2, 0.25) is 0 Å². The highest BCUT2D eigenvalue weighted by atomic mass is 35.5. The minimum Gasteiger partial charge on any atom is -0.468 e. The number of halogens is 1. The summed E-state index contributed by atoms with van der Waals surface area (Å²) >= 11 is 5.51. The minimum atomic E-state index is -1.16. The lowest BCUT2D eigenvalue weighted by Crippen LogP contribution is -2.34. The molecule has 0 aromatic heterocycles. The van der Waals surface area contributed by atoms with Gasteiger partial charge in [-0.15, -0.1) is 11.6 Å². The molecule has 2 unspecified atom stereocenters. The Balaban J connectivity index is 4.72. The van der Waals surface area contributed by atoms with Crippen molar-refractivity contribution in [2.24, 2.45) is 5.92 Å². The zero-order valence-corrected chi connectivity index (χ0v) is 8.51. The van der Waals surface area contributed by atoms with Crippen molar-refractivity contribution in [2.75, 3.05) is 7.11 Å². The monoisotopic (exact) mass is 205 g/mol. The Morgan fingerprint density at radius 1 is 1.46 bits per heavy atom. The molecule has 13 heavy (non-hydrogen) atoms. The number of alkyl halides is 1. The molecule has 2 atom stereocenters. The van der Waals surface area contributed by atoms with Crippen LogP contribution in [-0.2, 0) is 14.3 Å². The van der Waals surface area contributed by atoms with Gasteiger partial charge in [-0.1, -0.05) is 0 Å². The lowest BCUT2D eigenvalue weighted by atomic mass is 9.97. The quantitative estimate of drug-likeness (QED) is 0.322. The molecule has 0 aliphatic carbocycles. The van der Waals surface area contributed by atoms with E-state index in [-0.39, 0.29) is 5.71 Å². The van der Waals surface area contributed by atoms with E-state index in [9.17, 15) is 9.59 Å². The fourth-order valence-electron chi connectivity index (χ4n) is 0.854. The topological polar surface area (TPSA) is 67.2 Å². The van der Waals surface area contributed by atoms with E-state index < -0.39 is 23.0 Å². The molecular weight excluding hydrogens is 194 g/mol. The van der Waals surface area contributed by atoms with Crippen LogP contribution in [0.1, 0.15) is 13.8 Å². The van der Waals surface area contributed by atoms with Crippen molar-refractivity contribution in [3.05, 3.63) is 0 Å². The number of rotatable bonds is 4. The summed E-state index contributed by atoms with van der Waals surface area (Å²) in [7, 11) is 1.17. The predicted octanol–water partition coefficient (Wildman–Crippen LogP) is 1.01. The first kappa shape index (κ1) is 12.1. The normalized spacial score (nSPS) is 14.5. The Labute approximate surface area is 81.7 Å². The Morgan fingerprint density at radius 2 is 1.92 bits per heavy atom. The average molecular weight is 206 g/mol. The first-order chi connectivity index (χ1) is 5.91. The second kappa shape index (κ2) is 4.97. The van der Waals surface area contributed by atoms with Crippen LogP contribution in [0.2, 0.25) is 0 Å². The van der Waals surface area contributed by atoms with Crippen molar-refractivity contribution in [1.29, 1.82) is 5.41 Å². The van der Waals surface area contributed by atoms with Crippen LogP contribution in [0.3, 0.4) is 0 Å². The van der Waals surface area contributed by atoms with Gasteiger partial charge in [-0.25, -0.2) is 0 Å². The molecule has 0 rings (SSSR count). The molecule has 4 nitrogen and oxygen atoms in total. The molecule has 0 aromatic carbocycles. The maximum atomic E-state index is 11.3. The first-order valence-electron chi connectivity index (χ1n) is 3.72. The zero-order chi connectivity index (χ0) is 10.6. The van der Waals surface area contributed by atoms with Gasteiger partial charge in [0, 0.05) is 5.71 Å². The maximum Gasteiger partial charge on any atom is 0.322 e. The summed E-state index contributed by atoms with van der Waals surface area (Å²) in [5, 5.41) is 6.44. The Hall–Kier alpha value is -0.900. The highest BCUT2D eigenvalue weighted by Crippen LogP contribution is 2.10. The van der Waals surface area contributed by atoms with E-state index in [1.807, 2.05) is 0 Å². The molecule has 0 heterocycles. The minimum absolute atomic E-state index is 0.0515. The van der Waals surface area contributed by atoms with Gasteiger partial charge in [0.25, 0.3) is 0 Å². The van der Waals surface area contributed by atoms with Crippen LogP contribution in [-0.4, -0.2) is 30.0 Å². The van der Waals surface area contributed by atoms with Crippen molar-refractivity contribution in [3.63, 3.8) is 0 Å². The molecule has 74 valence electrons. The summed E-state index contributed by atoms with van der Waals surface area (Å²) in [6.07, 6.45) is 0. The fraction of sp³-hybridized carbons (Fsp3) is 0.625. The van der Waals surface area contributed by atoms with Crippen LogP contribution in [0.15, 0.2) is 0 Å². The van der Waals surface area contributed by atoms with E-state index in [1.54, 1.807) is 0 Å². The highest BCUT2D eigenvalue weighted by Gasteiger charge is 2.31. The molecule has 0 amide bonds. The van der Waals surface area contributed by atoms with Gasteiger partial charge < -0.3 is 10.1 Å². The summed E-state index contributed by atoms with van der Waals surface area (Å²) in [5.74, 6) is -2.39. The maximum absolute atomic E-state index is 11.3. The van der Waals surface area contributed by atoms with E-state index in [2.05, 4.69) is 4.74 Å². The number of esters is 1. The molecule has 0 saturated heterocycles. The lowest BCUT2D eigenvalue weighted by Gasteiger charge is -2.12. The number of ether oxygens (including phenoxy) is 1. The number of nitrogens with one attached hydrogen (secondary N) is 1. The fourth-order valence-corrected chi connectivity index (χ4v) is 0.980. The van der Waals surface area contributed by atoms with Crippen LogP contribution in [0, 0.1) is 11.3 Å². The number of carbonyl (C=O) groups is 2. The van der Waals surface area contributed by atoms with Gasteiger partial charge in [-0.2, -0.15) is 0 Å². The second-order valence-corrected chi connectivity index (χ2v) is 3.31. The zero-order valence-electron chi connectivity index (χ0n) is 7.76. The molecule has 0 saturated carbocycles. The number of Topliss-reactive ketones (excluding diaryl/α,β-unsaturated/α-hetero) is 1. The van der Waals surface area contributed by atoms with Gasteiger partial charge in [-0.3, -0.25) is 9.59 Å². The lowest BCUT2D eigenvalue weighted by molar-refractivity contribution is -0.146. The van der Waals surface area contributed by atoms with Crippen molar-refractivity contribution in [3.8, 4) is 0 Å². The van der Waals surface area contributed by atoms with Crippen molar-refractivity contribution >= 4 is 29.1 Å². The largest absolute Gasteiger partial charge is 0.468 e. The third-order valence-electron chi connectivity index (χ3n) is 1.55. The molecule has 0 aromatic rings. The van der Waals surface area contributed by atoms with Gasteiger partial charge >= 0.3 is 5.97 Å². The Kier molecular flexibility index (Phi) is 4.62. The first-order valence-corrected chi connectivity index (χ1v) is 4.16. The van der Waals surface area contributed by atoms with Crippen LogP contribution >= 0.6 is 11.6 Å². The number of carbonyl (C=O) groups excluding carboxylic acids is 2. The SMILES string of the molecule is COC(=O)C(C(C)=N)C(=O)C(C)Cl. The number of hydrogen-bond acceptors (Lipinski definition) is 4. The van der Waals surface area contributed by atoms with Crippen LogP contribution < -0.4 is 0 Å². The Bertz CT molecular complexity index is 238. The third-order valence-corrected chi connectivity index (χ3v) is 1.76. The summed E-state index contributed by atoms with van der Waals surface area (Å²) in [6, 6.07) is 0. The van der Waals surface area contributed by atoms with E-state index >= 15 is 0 Å². The van der Waals surface area contributed by atoms with Gasteiger partial charge in [0.05, 0.1) is 12.5 Å². The van der Waals surface area contributed by atoms with Crippen molar-refractivity contribution in [1.82, 2.24) is 0 Å². The molecule has 0 aliphatic rings. The average Bonchev–Trinajstić information content (AvgIpc) is 2.03. The van der Waals surface area contributed by atoms with Gasteiger partial charge in [-0.05, 0) is 13.8 Å².